The van der Waals surface area contributed by atoms with Crippen molar-refractivity contribution in [3.63, 3.8) is 0 Å². The van der Waals surface area contributed by atoms with Gasteiger partial charge >= 0.3 is 0 Å². The molecule has 8 heteroatoms. The molecule has 0 aliphatic carbocycles. The summed E-state index contributed by atoms with van der Waals surface area (Å²) in [6, 6.07) is 16.1. The summed E-state index contributed by atoms with van der Waals surface area (Å²) in [5, 5.41) is 10.7. The van der Waals surface area contributed by atoms with Crippen LogP contribution in [0.25, 0.3) is 0 Å². The topological polar surface area (TPSA) is 78.4 Å². The van der Waals surface area contributed by atoms with Gasteiger partial charge in [-0.1, -0.05) is 24.3 Å². The van der Waals surface area contributed by atoms with Gasteiger partial charge in [-0.25, -0.2) is 4.39 Å². The number of carbonyl (C=O) groups is 2. The zero-order valence-electron chi connectivity index (χ0n) is 19.4. The lowest BCUT2D eigenvalue weighted by Crippen LogP contribution is -2.52. The molecule has 7 nitrogen and oxygen atoms in total. The average molecular weight is 474 g/mol. The lowest BCUT2D eigenvalue weighted by Gasteiger charge is -2.39. The summed E-state index contributed by atoms with van der Waals surface area (Å²) in [5.74, 6) is 0.177. The Morgan fingerprint density at radius 1 is 0.943 bits per heavy atom. The highest BCUT2D eigenvalue weighted by atomic mass is 19.1. The molecule has 2 aromatic carbocycles. The summed E-state index contributed by atoms with van der Waals surface area (Å²) in [5.41, 5.74) is 3.85. The number of piperidine rings is 1. The summed E-state index contributed by atoms with van der Waals surface area (Å²) in [7, 11) is 0. The van der Waals surface area contributed by atoms with E-state index >= 15 is 0 Å². The maximum absolute atomic E-state index is 13.1. The number of benzene rings is 2. The van der Waals surface area contributed by atoms with Gasteiger partial charge in [-0.05, 0) is 60.2 Å². The van der Waals surface area contributed by atoms with Crippen molar-refractivity contribution >= 4 is 23.2 Å². The summed E-state index contributed by atoms with van der Waals surface area (Å²) in [6.45, 7) is 2.78. The number of hydrogen-bond donors (Lipinski definition) is 1. The third-order valence-corrected chi connectivity index (χ3v) is 6.95. The Hall–Kier alpha value is -3.81. The number of nitrogens with one attached hydrogen (secondary N) is 1. The van der Waals surface area contributed by atoms with Crippen LogP contribution in [0.5, 0.6) is 0 Å². The summed E-state index contributed by atoms with van der Waals surface area (Å²) >= 11 is 0. The summed E-state index contributed by atoms with van der Waals surface area (Å²) in [4.78, 5) is 29.2. The molecule has 2 saturated heterocycles. The largest absolute Gasteiger partial charge is 0.368 e. The van der Waals surface area contributed by atoms with Crippen LogP contribution >= 0.6 is 0 Å². The van der Waals surface area contributed by atoms with Crippen LogP contribution in [0, 0.1) is 11.7 Å². The SMILES string of the molecule is O=C(Nc1ccc(C2CCN(C(=O)Cc3ccc(F)cc3)CC2)cc1)C1CN(c2ccnnc2)C1. The Kier molecular flexibility index (Phi) is 6.70. The third-order valence-electron chi connectivity index (χ3n) is 6.95. The predicted octanol–water partition coefficient (Wildman–Crippen LogP) is 3.64. The molecule has 35 heavy (non-hydrogen) atoms. The van der Waals surface area contributed by atoms with Gasteiger partial charge in [0.1, 0.15) is 5.82 Å². The first-order chi connectivity index (χ1) is 17.0. The van der Waals surface area contributed by atoms with E-state index in [2.05, 4.69) is 32.5 Å². The molecule has 0 atom stereocenters. The quantitative estimate of drug-likeness (QED) is 0.592. The smallest absolute Gasteiger partial charge is 0.231 e. The number of hydrogen-bond acceptors (Lipinski definition) is 5. The van der Waals surface area contributed by atoms with Crippen molar-refractivity contribution in [3.05, 3.63) is 83.9 Å². The van der Waals surface area contributed by atoms with Crippen LogP contribution in [-0.2, 0) is 16.0 Å². The monoisotopic (exact) mass is 473 g/mol. The number of likely N-dealkylation sites (tertiary alicyclic amines) is 1. The number of aromatic nitrogens is 2. The normalized spacial score (nSPS) is 16.6. The second kappa shape index (κ2) is 10.2. The van der Waals surface area contributed by atoms with E-state index in [1.807, 2.05) is 23.1 Å². The zero-order valence-corrected chi connectivity index (χ0v) is 19.4. The first kappa shape index (κ1) is 23.0. The van der Waals surface area contributed by atoms with Crippen molar-refractivity contribution in [2.45, 2.75) is 25.2 Å². The number of halogens is 1. The van der Waals surface area contributed by atoms with Gasteiger partial charge in [-0.3, -0.25) is 9.59 Å². The lowest BCUT2D eigenvalue weighted by atomic mass is 9.89. The minimum atomic E-state index is -0.291. The average Bonchev–Trinajstić information content (AvgIpc) is 2.86. The van der Waals surface area contributed by atoms with Crippen molar-refractivity contribution in [1.29, 1.82) is 0 Å². The van der Waals surface area contributed by atoms with E-state index in [4.69, 9.17) is 0 Å². The molecule has 0 saturated carbocycles. The second-order valence-electron chi connectivity index (χ2n) is 9.27. The van der Waals surface area contributed by atoms with Gasteiger partial charge in [0.15, 0.2) is 0 Å². The van der Waals surface area contributed by atoms with E-state index in [9.17, 15) is 14.0 Å². The van der Waals surface area contributed by atoms with Crippen molar-refractivity contribution in [1.82, 2.24) is 15.1 Å². The molecule has 2 fully saturated rings. The van der Waals surface area contributed by atoms with E-state index in [0.29, 0.717) is 38.5 Å². The molecule has 3 aromatic rings. The molecular formula is C27H28FN5O2. The highest BCUT2D eigenvalue weighted by Gasteiger charge is 2.33. The number of anilines is 2. The fourth-order valence-electron chi connectivity index (χ4n) is 4.76. The highest BCUT2D eigenvalue weighted by molar-refractivity contribution is 5.94. The first-order valence-electron chi connectivity index (χ1n) is 12.0. The van der Waals surface area contributed by atoms with Crippen molar-refractivity contribution < 1.29 is 14.0 Å². The standard InChI is InChI=1S/C27H28FN5O2/c28-23-5-1-19(2-6-23)15-26(34)32-13-10-21(11-14-32)20-3-7-24(8-4-20)31-27(35)22-17-33(18-22)25-9-12-29-30-16-25/h1-9,12,16,21-22H,10-11,13-15,17-18H2,(H,31,35). The van der Waals surface area contributed by atoms with Crippen LogP contribution in [0.3, 0.4) is 0 Å². The van der Waals surface area contributed by atoms with Crippen molar-refractivity contribution in [2.75, 3.05) is 36.4 Å². The zero-order chi connectivity index (χ0) is 24.2. The Bertz CT molecular complexity index is 1160. The molecule has 0 bridgehead atoms. The van der Waals surface area contributed by atoms with Gasteiger partial charge in [0.05, 0.1) is 30.4 Å². The fraction of sp³-hybridized carbons (Fsp3) is 0.333. The molecule has 0 radical (unpaired) electrons. The molecule has 2 aliphatic rings. The molecule has 2 amide bonds. The maximum Gasteiger partial charge on any atom is 0.231 e. The van der Waals surface area contributed by atoms with Gasteiger partial charge in [-0.15, -0.1) is 0 Å². The number of rotatable bonds is 6. The van der Waals surface area contributed by atoms with Crippen molar-refractivity contribution in [2.24, 2.45) is 5.92 Å². The van der Waals surface area contributed by atoms with E-state index in [1.54, 1.807) is 24.5 Å². The van der Waals surface area contributed by atoms with Gasteiger partial charge < -0.3 is 15.1 Å². The van der Waals surface area contributed by atoms with E-state index in [0.717, 1.165) is 29.8 Å². The molecule has 0 spiro atoms. The molecule has 0 unspecified atom stereocenters. The predicted molar refractivity (Wildman–Crippen MR) is 131 cm³/mol. The Morgan fingerprint density at radius 3 is 2.31 bits per heavy atom. The van der Waals surface area contributed by atoms with Gasteiger partial charge in [-0.2, -0.15) is 10.2 Å². The van der Waals surface area contributed by atoms with Crippen LogP contribution < -0.4 is 10.2 Å². The van der Waals surface area contributed by atoms with Crippen LogP contribution in [0.4, 0.5) is 15.8 Å². The fourth-order valence-corrected chi connectivity index (χ4v) is 4.76. The number of carbonyl (C=O) groups excluding carboxylic acids is 2. The Labute approximate surface area is 204 Å². The minimum absolute atomic E-state index is 0.0315. The molecule has 1 N–H and O–H groups in total. The van der Waals surface area contributed by atoms with Crippen LogP contribution in [-0.4, -0.2) is 53.1 Å². The maximum atomic E-state index is 13.1. The summed E-state index contributed by atoms with van der Waals surface area (Å²) in [6.07, 6.45) is 5.47. The minimum Gasteiger partial charge on any atom is -0.368 e. The van der Waals surface area contributed by atoms with Crippen LogP contribution in [0.2, 0.25) is 0 Å². The molecular weight excluding hydrogens is 445 g/mol. The van der Waals surface area contributed by atoms with E-state index in [1.165, 1.54) is 17.7 Å². The van der Waals surface area contributed by atoms with Crippen LogP contribution in [0.1, 0.15) is 29.9 Å². The number of nitrogens with zero attached hydrogens (tertiary/aromatic N) is 4. The molecule has 5 rings (SSSR count). The van der Waals surface area contributed by atoms with Crippen LogP contribution in [0.15, 0.2) is 67.0 Å². The lowest BCUT2D eigenvalue weighted by molar-refractivity contribution is -0.131. The van der Waals surface area contributed by atoms with Crippen molar-refractivity contribution in [3.8, 4) is 0 Å². The van der Waals surface area contributed by atoms with Gasteiger partial charge in [0.25, 0.3) is 0 Å². The molecule has 3 heterocycles. The highest BCUT2D eigenvalue weighted by Crippen LogP contribution is 2.30. The second-order valence-corrected chi connectivity index (χ2v) is 9.27. The molecule has 180 valence electrons. The van der Waals surface area contributed by atoms with Gasteiger partial charge in [0, 0.05) is 31.9 Å². The summed E-state index contributed by atoms with van der Waals surface area (Å²) < 4.78 is 13.1. The molecule has 1 aromatic heterocycles. The first-order valence-corrected chi connectivity index (χ1v) is 12.0. The van der Waals surface area contributed by atoms with Gasteiger partial charge in [0.2, 0.25) is 11.8 Å². The van der Waals surface area contributed by atoms with E-state index in [-0.39, 0.29) is 23.5 Å². The molecule has 2 aliphatic heterocycles. The third kappa shape index (κ3) is 5.48. The Morgan fingerprint density at radius 2 is 1.66 bits per heavy atom. The Balaban J connectivity index is 1.07. The van der Waals surface area contributed by atoms with E-state index < -0.39 is 0 Å². The number of amides is 2.